The molecule has 0 spiro atoms. The van der Waals surface area contributed by atoms with Crippen molar-refractivity contribution in [2.45, 2.75) is 51.4 Å². The molecule has 1 saturated heterocycles. The third-order valence-electron chi connectivity index (χ3n) is 3.60. The lowest BCUT2D eigenvalue weighted by Crippen LogP contribution is -2.61. The van der Waals surface area contributed by atoms with E-state index in [1.54, 1.807) is 13.8 Å². The second-order valence-electron chi connectivity index (χ2n) is 5.96. The molecule has 0 aromatic rings. The summed E-state index contributed by atoms with van der Waals surface area (Å²) < 4.78 is 23.6. The number of hydrogen-bond donors (Lipinski definition) is 1. The highest BCUT2D eigenvalue weighted by Crippen LogP contribution is 2.18. The van der Waals surface area contributed by atoms with Gasteiger partial charge in [-0.3, -0.25) is 4.90 Å². The third kappa shape index (κ3) is 3.93. The first-order chi connectivity index (χ1) is 7.65. The zero-order valence-corrected chi connectivity index (χ0v) is 12.5. The van der Waals surface area contributed by atoms with E-state index in [9.17, 15) is 8.42 Å². The van der Waals surface area contributed by atoms with Crippen molar-refractivity contribution < 1.29 is 8.42 Å². The van der Waals surface area contributed by atoms with E-state index in [2.05, 4.69) is 31.0 Å². The average Bonchev–Trinajstić information content (AvgIpc) is 2.19. The molecule has 0 bridgehead atoms. The van der Waals surface area contributed by atoms with Crippen LogP contribution in [-0.4, -0.2) is 55.5 Å². The summed E-state index contributed by atoms with van der Waals surface area (Å²) in [5.74, 6) is 0.265. The molecule has 1 unspecified atom stereocenters. The quantitative estimate of drug-likeness (QED) is 0.817. The number of sulfone groups is 1. The molecule has 102 valence electrons. The lowest BCUT2D eigenvalue weighted by atomic mass is 9.98. The zero-order chi connectivity index (χ0) is 13.3. The first-order valence-corrected chi connectivity index (χ1v) is 8.07. The summed E-state index contributed by atoms with van der Waals surface area (Å²) in [5, 5.41) is 3.16. The standard InChI is InChI=1S/C12H26N2O2S/c1-10(2)17(15,16)7-6-14-8-11(3)13-9-12(14,4)5/h10-11,13H,6-9H2,1-5H3. The monoisotopic (exact) mass is 262 g/mol. The van der Waals surface area contributed by atoms with Gasteiger partial charge in [0.2, 0.25) is 0 Å². The summed E-state index contributed by atoms with van der Waals surface area (Å²) >= 11 is 0. The van der Waals surface area contributed by atoms with Gasteiger partial charge in [-0.05, 0) is 34.6 Å². The van der Waals surface area contributed by atoms with Crippen molar-refractivity contribution in [3.63, 3.8) is 0 Å². The van der Waals surface area contributed by atoms with E-state index in [-0.39, 0.29) is 16.5 Å². The molecule has 0 aromatic heterocycles. The van der Waals surface area contributed by atoms with Crippen LogP contribution in [-0.2, 0) is 9.84 Å². The lowest BCUT2D eigenvalue weighted by Gasteiger charge is -2.45. The van der Waals surface area contributed by atoms with Crippen molar-refractivity contribution in [1.82, 2.24) is 10.2 Å². The Kier molecular flexibility index (Phi) is 4.60. The van der Waals surface area contributed by atoms with Gasteiger partial charge in [-0.2, -0.15) is 0 Å². The summed E-state index contributed by atoms with van der Waals surface area (Å²) in [4.78, 5) is 2.29. The molecule has 1 N–H and O–H groups in total. The van der Waals surface area contributed by atoms with Crippen LogP contribution >= 0.6 is 0 Å². The molecule has 0 aromatic carbocycles. The number of nitrogens with one attached hydrogen (secondary N) is 1. The predicted octanol–water partition coefficient (Wildman–Crippen LogP) is 0.882. The van der Waals surface area contributed by atoms with Crippen LogP contribution in [0.5, 0.6) is 0 Å². The highest BCUT2D eigenvalue weighted by Gasteiger charge is 2.33. The van der Waals surface area contributed by atoms with Gasteiger partial charge in [-0.15, -0.1) is 0 Å². The molecule has 0 amide bonds. The summed E-state index contributed by atoms with van der Waals surface area (Å²) in [6.45, 7) is 12.4. The number of piperazine rings is 1. The van der Waals surface area contributed by atoms with Crippen LogP contribution in [0.1, 0.15) is 34.6 Å². The van der Waals surface area contributed by atoms with Gasteiger partial charge in [0.25, 0.3) is 0 Å². The van der Waals surface area contributed by atoms with E-state index in [1.165, 1.54) is 0 Å². The van der Waals surface area contributed by atoms with E-state index in [4.69, 9.17) is 0 Å². The van der Waals surface area contributed by atoms with Crippen LogP contribution in [0, 0.1) is 0 Å². The Hall–Kier alpha value is -0.130. The molecule has 1 rings (SSSR count). The van der Waals surface area contributed by atoms with Gasteiger partial charge >= 0.3 is 0 Å². The fourth-order valence-corrected chi connectivity index (χ4v) is 2.99. The Balaban J connectivity index is 2.61. The molecular weight excluding hydrogens is 236 g/mol. The lowest BCUT2D eigenvalue weighted by molar-refractivity contribution is 0.0769. The molecule has 4 nitrogen and oxygen atoms in total. The zero-order valence-electron chi connectivity index (χ0n) is 11.7. The molecule has 0 saturated carbocycles. The van der Waals surface area contributed by atoms with E-state index in [1.807, 2.05) is 0 Å². The van der Waals surface area contributed by atoms with Gasteiger partial charge in [0.15, 0.2) is 9.84 Å². The number of nitrogens with zero attached hydrogens (tertiary/aromatic N) is 1. The summed E-state index contributed by atoms with van der Waals surface area (Å²) in [6, 6.07) is 0.435. The summed E-state index contributed by atoms with van der Waals surface area (Å²) in [7, 11) is -2.93. The van der Waals surface area contributed by atoms with E-state index in [0.717, 1.165) is 13.1 Å². The van der Waals surface area contributed by atoms with Crippen molar-refractivity contribution in [2.75, 3.05) is 25.4 Å². The maximum absolute atomic E-state index is 11.8. The molecule has 1 aliphatic rings. The molecule has 1 heterocycles. The minimum atomic E-state index is -2.93. The second kappa shape index (κ2) is 5.24. The van der Waals surface area contributed by atoms with Crippen LogP contribution in [0.25, 0.3) is 0 Å². The highest BCUT2D eigenvalue weighted by atomic mass is 32.2. The Morgan fingerprint density at radius 1 is 1.41 bits per heavy atom. The smallest absolute Gasteiger partial charge is 0.153 e. The van der Waals surface area contributed by atoms with Gasteiger partial charge in [-0.1, -0.05) is 0 Å². The van der Waals surface area contributed by atoms with Gasteiger partial charge in [0, 0.05) is 31.2 Å². The summed E-state index contributed by atoms with van der Waals surface area (Å²) in [5.41, 5.74) is 0.0407. The molecule has 1 atom stereocenters. The van der Waals surface area contributed by atoms with Gasteiger partial charge in [0.05, 0.1) is 11.0 Å². The first-order valence-electron chi connectivity index (χ1n) is 6.35. The van der Waals surface area contributed by atoms with Crippen LogP contribution in [0.2, 0.25) is 0 Å². The number of rotatable bonds is 4. The van der Waals surface area contributed by atoms with Crippen LogP contribution < -0.4 is 5.32 Å². The van der Waals surface area contributed by atoms with Crippen molar-refractivity contribution in [1.29, 1.82) is 0 Å². The average molecular weight is 262 g/mol. The van der Waals surface area contributed by atoms with Crippen LogP contribution in [0.4, 0.5) is 0 Å². The molecule has 1 fully saturated rings. The fourth-order valence-electron chi connectivity index (χ4n) is 2.05. The van der Waals surface area contributed by atoms with Gasteiger partial charge < -0.3 is 5.32 Å². The minimum absolute atomic E-state index is 0.0407. The van der Waals surface area contributed by atoms with E-state index in [0.29, 0.717) is 12.6 Å². The van der Waals surface area contributed by atoms with E-state index >= 15 is 0 Å². The van der Waals surface area contributed by atoms with Gasteiger partial charge in [0.1, 0.15) is 0 Å². The SMILES string of the molecule is CC1CN(CCS(=O)(=O)C(C)C)C(C)(C)CN1. The third-order valence-corrected chi connectivity index (χ3v) is 5.79. The van der Waals surface area contributed by atoms with Crippen molar-refractivity contribution in [3.05, 3.63) is 0 Å². The Labute approximate surface area is 106 Å². The molecule has 0 aliphatic carbocycles. The normalized spacial score (nSPS) is 26.4. The first kappa shape index (κ1) is 14.9. The predicted molar refractivity (Wildman–Crippen MR) is 72.0 cm³/mol. The van der Waals surface area contributed by atoms with Crippen molar-refractivity contribution >= 4 is 9.84 Å². The minimum Gasteiger partial charge on any atom is -0.311 e. The van der Waals surface area contributed by atoms with Gasteiger partial charge in [-0.25, -0.2) is 8.42 Å². The summed E-state index contributed by atoms with van der Waals surface area (Å²) in [6.07, 6.45) is 0. The molecule has 0 radical (unpaired) electrons. The number of hydrogen-bond acceptors (Lipinski definition) is 4. The highest BCUT2D eigenvalue weighted by molar-refractivity contribution is 7.92. The second-order valence-corrected chi connectivity index (χ2v) is 8.63. The maximum atomic E-state index is 11.8. The van der Waals surface area contributed by atoms with Crippen molar-refractivity contribution in [2.24, 2.45) is 0 Å². The maximum Gasteiger partial charge on any atom is 0.153 e. The molecule has 5 heteroatoms. The topological polar surface area (TPSA) is 49.4 Å². The molecule has 1 aliphatic heterocycles. The largest absolute Gasteiger partial charge is 0.311 e. The van der Waals surface area contributed by atoms with Crippen LogP contribution in [0.15, 0.2) is 0 Å². The Bertz CT molecular complexity index is 350. The van der Waals surface area contributed by atoms with Crippen molar-refractivity contribution in [3.8, 4) is 0 Å². The molecular formula is C12H26N2O2S. The fraction of sp³-hybridized carbons (Fsp3) is 1.00. The Morgan fingerprint density at radius 3 is 2.53 bits per heavy atom. The van der Waals surface area contributed by atoms with Crippen LogP contribution in [0.3, 0.4) is 0 Å². The van der Waals surface area contributed by atoms with E-state index < -0.39 is 9.84 Å². The molecule has 17 heavy (non-hydrogen) atoms. The Morgan fingerprint density at radius 2 is 2.00 bits per heavy atom.